The van der Waals surface area contributed by atoms with Gasteiger partial charge < -0.3 is 5.11 Å². The predicted octanol–water partition coefficient (Wildman–Crippen LogP) is 3.12. The Morgan fingerprint density at radius 1 is 1.12 bits per heavy atom. The van der Waals surface area contributed by atoms with E-state index in [1.54, 1.807) is 0 Å². The van der Waals surface area contributed by atoms with Crippen molar-refractivity contribution in [2.24, 2.45) is 0 Å². The van der Waals surface area contributed by atoms with Gasteiger partial charge in [0.05, 0.1) is 5.56 Å². The second-order valence-corrected chi connectivity index (χ2v) is 3.82. The molecule has 0 unspecified atom stereocenters. The van der Waals surface area contributed by atoms with Gasteiger partial charge in [-0.2, -0.15) is 13.2 Å². The number of aromatic nitrogens is 2. The molecular formula is C9H4BrF3N2O. The second-order valence-electron chi connectivity index (χ2n) is 3.07. The molecule has 84 valence electrons. The average molecular weight is 293 g/mol. The first-order valence-electron chi connectivity index (χ1n) is 4.11. The second kappa shape index (κ2) is 3.58. The van der Waals surface area contributed by atoms with Gasteiger partial charge in [-0.1, -0.05) is 0 Å². The summed E-state index contributed by atoms with van der Waals surface area (Å²) in [5, 5.41) is 16.6. The minimum atomic E-state index is -4.42. The van der Waals surface area contributed by atoms with Crippen LogP contribution in [0.3, 0.4) is 0 Å². The van der Waals surface area contributed by atoms with Crippen molar-refractivity contribution >= 4 is 26.7 Å². The van der Waals surface area contributed by atoms with Gasteiger partial charge in [-0.05, 0) is 34.1 Å². The zero-order valence-corrected chi connectivity index (χ0v) is 9.17. The largest absolute Gasteiger partial charge is 0.492 e. The summed E-state index contributed by atoms with van der Waals surface area (Å²) < 4.78 is 37.5. The number of benzene rings is 1. The van der Waals surface area contributed by atoms with Crippen LogP contribution in [-0.4, -0.2) is 15.3 Å². The van der Waals surface area contributed by atoms with Crippen LogP contribution in [0.5, 0.6) is 5.88 Å². The van der Waals surface area contributed by atoms with E-state index in [-0.39, 0.29) is 15.4 Å². The van der Waals surface area contributed by atoms with Gasteiger partial charge in [0.15, 0.2) is 0 Å². The quantitative estimate of drug-likeness (QED) is 0.811. The van der Waals surface area contributed by atoms with Gasteiger partial charge in [0.1, 0.15) is 4.60 Å². The van der Waals surface area contributed by atoms with Crippen molar-refractivity contribution < 1.29 is 18.3 Å². The molecule has 0 amide bonds. The number of rotatable bonds is 0. The van der Waals surface area contributed by atoms with E-state index in [0.29, 0.717) is 0 Å². The summed E-state index contributed by atoms with van der Waals surface area (Å²) in [5.41, 5.74) is -0.798. The third kappa shape index (κ3) is 1.82. The zero-order chi connectivity index (χ0) is 11.9. The van der Waals surface area contributed by atoms with E-state index >= 15 is 0 Å². The van der Waals surface area contributed by atoms with Gasteiger partial charge >= 0.3 is 6.18 Å². The molecule has 0 aliphatic rings. The first kappa shape index (κ1) is 11.1. The molecule has 0 aliphatic carbocycles. The Kier molecular flexibility index (Phi) is 2.49. The zero-order valence-electron chi connectivity index (χ0n) is 7.59. The van der Waals surface area contributed by atoms with E-state index in [2.05, 4.69) is 26.1 Å². The highest BCUT2D eigenvalue weighted by Gasteiger charge is 2.30. The van der Waals surface area contributed by atoms with E-state index in [9.17, 15) is 18.3 Å². The minimum absolute atomic E-state index is 0.159. The van der Waals surface area contributed by atoms with Crippen molar-refractivity contribution in [3.05, 3.63) is 28.4 Å². The van der Waals surface area contributed by atoms with E-state index in [4.69, 9.17) is 0 Å². The molecule has 2 aromatic rings. The Morgan fingerprint density at radius 2 is 1.81 bits per heavy atom. The number of aromatic hydroxyl groups is 1. The van der Waals surface area contributed by atoms with Crippen LogP contribution in [0.25, 0.3) is 10.8 Å². The third-order valence-electron chi connectivity index (χ3n) is 2.04. The van der Waals surface area contributed by atoms with E-state index in [0.717, 1.165) is 18.2 Å². The van der Waals surface area contributed by atoms with E-state index in [1.165, 1.54) is 0 Å². The molecule has 0 radical (unpaired) electrons. The van der Waals surface area contributed by atoms with Crippen molar-refractivity contribution in [2.75, 3.05) is 0 Å². The van der Waals surface area contributed by atoms with Crippen LogP contribution in [-0.2, 0) is 6.18 Å². The fourth-order valence-corrected chi connectivity index (χ4v) is 1.69. The standard InChI is InChI=1S/C9H4BrF3N2O/c10-7-6-3-4(9(11,12)13)1-2-5(6)8(16)15-14-7/h1-3H,(H,15,16). The molecule has 1 aromatic heterocycles. The summed E-state index contributed by atoms with van der Waals surface area (Å²) in [7, 11) is 0. The maximum Gasteiger partial charge on any atom is 0.416 e. The highest BCUT2D eigenvalue weighted by atomic mass is 79.9. The molecule has 1 heterocycles. The lowest BCUT2D eigenvalue weighted by Gasteiger charge is -2.08. The Morgan fingerprint density at radius 3 is 2.44 bits per heavy atom. The average Bonchev–Trinajstić information content (AvgIpc) is 2.22. The summed E-state index contributed by atoms with van der Waals surface area (Å²) in [4.78, 5) is 0. The third-order valence-corrected chi connectivity index (χ3v) is 2.63. The molecule has 0 bridgehead atoms. The summed E-state index contributed by atoms with van der Waals surface area (Å²) in [6, 6.07) is 2.96. The number of alkyl halides is 3. The molecule has 0 atom stereocenters. The maximum absolute atomic E-state index is 12.4. The topological polar surface area (TPSA) is 46.0 Å². The van der Waals surface area contributed by atoms with Crippen LogP contribution in [0.2, 0.25) is 0 Å². The van der Waals surface area contributed by atoms with Crippen LogP contribution < -0.4 is 0 Å². The first-order chi connectivity index (χ1) is 7.39. The molecule has 1 aromatic carbocycles. The molecule has 0 spiro atoms. The summed E-state index contributed by atoms with van der Waals surface area (Å²) in [6.45, 7) is 0. The van der Waals surface area contributed by atoms with Crippen LogP contribution in [0.1, 0.15) is 5.56 Å². The number of hydrogen-bond acceptors (Lipinski definition) is 3. The monoisotopic (exact) mass is 292 g/mol. The SMILES string of the molecule is Oc1nnc(Br)c2cc(C(F)(F)F)ccc12. The molecule has 0 aliphatic heterocycles. The fraction of sp³-hybridized carbons (Fsp3) is 0.111. The Hall–Kier alpha value is -1.37. The molecule has 2 rings (SSSR count). The molecule has 0 fully saturated rings. The normalized spacial score (nSPS) is 12.0. The molecule has 0 saturated carbocycles. The predicted molar refractivity (Wildman–Crippen MR) is 53.9 cm³/mol. The Labute approximate surface area is 96.0 Å². The van der Waals surface area contributed by atoms with Crippen molar-refractivity contribution in [3.63, 3.8) is 0 Å². The smallest absolute Gasteiger partial charge is 0.416 e. The van der Waals surface area contributed by atoms with Crippen LogP contribution in [0.4, 0.5) is 13.2 Å². The summed E-state index contributed by atoms with van der Waals surface area (Å²) >= 11 is 2.98. The van der Waals surface area contributed by atoms with Gasteiger partial charge in [0, 0.05) is 10.8 Å². The number of fused-ring (bicyclic) bond motifs is 1. The van der Waals surface area contributed by atoms with E-state index < -0.39 is 17.6 Å². The lowest BCUT2D eigenvalue weighted by Crippen LogP contribution is -2.04. The van der Waals surface area contributed by atoms with Crippen LogP contribution in [0, 0.1) is 0 Å². The molecule has 0 saturated heterocycles. The number of hydrogen-bond donors (Lipinski definition) is 1. The van der Waals surface area contributed by atoms with Crippen molar-refractivity contribution in [1.29, 1.82) is 0 Å². The van der Waals surface area contributed by atoms with Gasteiger partial charge in [0.2, 0.25) is 5.88 Å². The van der Waals surface area contributed by atoms with Gasteiger partial charge in [-0.25, -0.2) is 0 Å². The minimum Gasteiger partial charge on any atom is -0.492 e. The molecule has 7 heteroatoms. The van der Waals surface area contributed by atoms with Gasteiger partial charge in [-0.3, -0.25) is 0 Å². The van der Waals surface area contributed by atoms with Gasteiger partial charge in [-0.15, -0.1) is 10.2 Å². The molecule has 3 nitrogen and oxygen atoms in total. The molecule has 16 heavy (non-hydrogen) atoms. The van der Waals surface area contributed by atoms with Crippen LogP contribution >= 0.6 is 15.9 Å². The van der Waals surface area contributed by atoms with Crippen molar-refractivity contribution in [1.82, 2.24) is 10.2 Å². The Bertz CT molecular complexity index is 556. The number of halogens is 4. The number of nitrogens with zero attached hydrogens (tertiary/aromatic N) is 2. The fourth-order valence-electron chi connectivity index (χ4n) is 1.29. The lowest BCUT2D eigenvalue weighted by atomic mass is 10.1. The summed E-state index contributed by atoms with van der Waals surface area (Å²) in [5.74, 6) is -0.396. The lowest BCUT2D eigenvalue weighted by molar-refractivity contribution is -0.137. The first-order valence-corrected chi connectivity index (χ1v) is 4.91. The highest BCUT2D eigenvalue weighted by Crippen LogP contribution is 2.34. The molecular weight excluding hydrogens is 289 g/mol. The van der Waals surface area contributed by atoms with Crippen molar-refractivity contribution in [3.8, 4) is 5.88 Å². The highest BCUT2D eigenvalue weighted by molar-refractivity contribution is 9.10. The maximum atomic E-state index is 12.4. The molecule has 1 N–H and O–H groups in total. The van der Waals surface area contributed by atoms with Crippen molar-refractivity contribution in [2.45, 2.75) is 6.18 Å². The summed E-state index contributed by atoms with van der Waals surface area (Å²) in [6.07, 6.45) is -4.42. The van der Waals surface area contributed by atoms with Crippen LogP contribution in [0.15, 0.2) is 22.8 Å². The van der Waals surface area contributed by atoms with E-state index in [1.807, 2.05) is 0 Å². The van der Waals surface area contributed by atoms with Gasteiger partial charge in [0.25, 0.3) is 0 Å². The Balaban J connectivity index is 2.76.